The van der Waals surface area contributed by atoms with Gasteiger partial charge in [-0.15, -0.1) is 0 Å². The third-order valence-corrected chi connectivity index (χ3v) is 2.53. The molecular formula is C11H17N5O2. The van der Waals surface area contributed by atoms with Crippen molar-refractivity contribution < 1.29 is 9.90 Å². The maximum atomic E-state index is 11.8. The SMILES string of the molecule is CC(C)C(N)C(=O)Nc1c(C#N)cnn1CCO. The first-order chi connectivity index (χ1) is 8.51. The highest BCUT2D eigenvalue weighted by Gasteiger charge is 2.20. The molecule has 1 aromatic heterocycles. The van der Waals surface area contributed by atoms with E-state index in [-0.39, 0.29) is 36.4 Å². The Hall–Kier alpha value is -1.91. The molecule has 1 rings (SSSR count). The van der Waals surface area contributed by atoms with Gasteiger partial charge in [-0.05, 0) is 5.92 Å². The predicted octanol–water partition coefficient (Wildman–Crippen LogP) is -0.331. The summed E-state index contributed by atoms with van der Waals surface area (Å²) in [5.74, 6) is -0.112. The van der Waals surface area contributed by atoms with Gasteiger partial charge in [0, 0.05) is 0 Å². The Balaban J connectivity index is 2.92. The lowest BCUT2D eigenvalue weighted by Crippen LogP contribution is -2.40. The Bertz CT molecular complexity index is 460. The quantitative estimate of drug-likeness (QED) is 0.662. The van der Waals surface area contributed by atoms with Crippen LogP contribution in [0.2, 0.25) is 0 Å². The number of nitriles is 1. The Morgan fingerprint density at radius 3 is 2.89 bits per heavy atom. The average molecular weight is 251 g/mol. The van der Waals surface area contributed by atoms with Gasteiger partial charge in [0.2, 0.25) is 5.91 Å². The first-order valence-electron chi connectivity index (χ1n) is 5.64. The van der Waals surface area contributed by atoms with Crippen LogP contribution in [0.5, 0.6) is 0 Å². The fraction of sp³-hybridized carbons (Fsp3) is 0.545. The summed E-state index contributed by atoms with van der Waals surface area (Å²) in [4.78, 5) is 11.8. The van der Waals surface area contributed by atoms with Gasteiger partial charge in [0.1, 0.15) is 17.5 Å². The number of nitrogens with two attached hydrogens (primary N) is 1. The summed E-state index contributed by atoms with van der Waals surface area (Å²) in [6, 6.07) is 1.27. The normalized spacial score (nSPS) is 12.2. The van der Waals surface area contributed by atoms with Crippen molar-refractivity contribution in [3.63, 3.8) is 0 Å². The molecule has 7 heteroatoms. The molecule has 0 spiro atoms. The topological polar surface area (TPSA) is 117 Å². The van der Waals surface area contributed by atoms with E-state index < -0.39 is 6.04 Å². The number of hydrogen-bond donors (Lipinski definition) is 3. The summed E-state index contributed by atoms with van der Waals surface area (Å²) in [5.41, 5.74) is 5.96. The highest BCUT2D eigenvalue weighted by Crippen LogP contribution is 2.15. The van der Waals surface area contributed by atoms with Crippen LogP contribution in [0.4, 0.5) is 5.82 Å². The van der Waals surface area contributed by atoms with E-state index in [9.17, 15) is 4.79 Å². The van der Waals surface area contributed by atoms with Gasteiger partial charge < -0.3 is 16.2 Å². The number of rotatable bonds is 5. The summed E-state index contributed by atoms with van der Waals surface area (Å²) >= 11 is 0. The van der Waals surface area contributed by atoms with Crippen molar-refractivity contribution >= 4 is 11.7 Å². The number of aliphatic hydroxyl groups is 1. The number of carbonyl (C=O) groups is 1. The lowest BCUT2D eigenvalue weighted by atomic mass is 10.1. The number of carbonyl (C=O) groups excluding carboxylic acids is 1. The Labute approximate surface area is 105 Å². The monoisotopic (exact) mass is 251 g/mol. The van der Waals surface area contributed by atoms with Gasteiger partial charge in [0.05, 0.1) is 25.4 Å². The van der Waals surface area contributed by atoms with Crippen LogP contribution in [-0.4, -0.2) is 33.4 Å². The summed E-state index contributed by atoms with van der Waals surface area (Å²) in [7, 11) is 0. The maximum absolute atomic E-state index is 11.8. The van der Waals surface area contributed by atoms with Crippen LogP contribution < -0.4 is 11.1 Å². The minimum Gasteiger partial charge on any atom is -0.394 e. The molecule has 0 saturated carbocycles. The van der Waals surface area contributed by atoms with Crippen LogP contribution in [0.25, 0.3) is 0 Å². The molecule has 98 valence electrons. The zero-order valence-corrected chi connectivity index (χ0v) is 10.4. The molecule has 1 unspecified atom stereocenters. The van der Waals surface area contributed by atoms with Gasteiger partial charge >= 0.3 is 0 Å². The summed E-state index contributed by atoms with van der Waals surface area (Å²) in [5, 5.41) is 24.3. The molecule has 4 N–H and O–H groups in total. The lowest BCUT2D eigenvalue weighted by Gasteiger charge is -2.16. The summed E-state index contributed by atoms with van der Waals surface area (Å²) < 4.78 is 1.36. The van der Waals surface area contributed by atoms with Crippen molar-refractivity contribution in [2.75, 3.05) is 11.9 Å². The van der Waals surface area contributed by atoms with Crippen LogP contribution in [0, 0.1) is 17.2 Å². The summed E-state index contributed by atoms with van der Waals surface area (Å²) in [6.07, 6.45) is 1.34. The van der Waals surface area contributed by atoms with Gasteiger partial charge in [0.25, 0.3) is 0 Å². The smallest absolute Gasteiger partial charge is 0.242 e. The van der Waals surface area contributed by atoms with Crippen molar-refractivity contribution in [3.05, 3.63) is 11.8 Å². The van der Waals surface area contributed by atoms with Crippen molar-refractivity contribution in [1.29, 1.82) is 5.26 Å². The number of anilines is 1. The average Bonchev–Trinajstić information content (AvgIpc) is 2.71. The molecule has 0 bridgehead atoms. The molecule has 18 heavy (non-hydrogen) atoms. The molecule has 7 nitrogen and oxygen atoms in total. The Morgan fingerprint density at radius 1 is 1.72 bits per heavy atom. The van der Waals surface area contributed by atoms with Gasteiger partial charge in [-0.1, -0.05) is 13.8 Å². The van der Waals surface area contributed by atoms with E-state index >= 15 is 0 Å². The zero-order valence-electron chi connectivity index (χ0n) is 10.4. The maximum Gasteiger partial charge on any atom is 0.242 e. The Morgan fingerprint density at radius 2 is 2.39 bits per heavy atom. The molecule has 0 aliphatic rings. The predicted molar refractivity (Wildman–Crippen MR) is 65.5 cm³/mol. The van der Waals surface area contributed by atoms with E-state index in [0.717, 1.165) is 0 Å². The molecule has 1 atom stereocenters. The Kier molecular flexibility index (Phi) is 4.83. The first kappa shape index (κ1) is 14.2. The van der Waals surface area contributed by atoms with Crippen molar-refractivity contribution in [2.24, 2.45) is 11.7 Å². The van der Waals surface area contributed by atoms with Crippen LogP contribution >= 0.6 is 0 Å². The summed E-state index contributed by atoms with van der Waals surface area (Å²) in [6.45, 7) is 3.74. The van der Waals surface area contributed by atoms with Crippen molar-refractivity contribution in [3.8, 4) is 6.07 Å². The van der Waals surface area contributed by atoms with Crippen molar-refractivity contribution in [1.82, 2.24) is 9.78 Å². The molecule has 1 amide bonds. The third kappa shape index (κ3) is 3.06. The number of aliphatic hydroxyl groups excluding tert-OH is 1. The number of nitrogens with one attached hydrogen (secondary N) is 1. The lowest BCUT2D eigenvalue weighted by molar-refractivity contribution is -0.118. The van der Waals surface area contributed by atoms with Gasteiger partial charge in [0.15, 0.2) is 0 Å². The molecule has 0 aliphatic carbocycles. The largest absolute Gasteiger partial charge is 0.394 e. The van der Waals surface area contributed by atoms with E-state index in [1.54, 1.807) is 0 Å². The molecule has 0 radical (unpaired) electrons. The zero-order chi connectivity index (χ0) is 13.7. The number of nitrogens with zero attached hydrogens (tertiary/aromatic N) is 3. The van der Waals surface area contributed by atoms with Gasteiger partial charge in [-0.2, -0.15) is 10.4 Å². The molecule has 0 saturated heterocycles. The minimum absolute atomic E-state index is 0.00949. The second-order valence-corrected chi connectivity index (χ2v) is 4.22. The first-order valence-corrected chi connectivity index (χ1v) is 5.64. The molecule has 0 aliphatic heterocycles. The molecule has 0 fully saturated rings. The molecule has 0 aromatic carbocycles. The fourth-order valence-electron chi connectivity index (χ4n) is 1.37. The number of hydrogen-bond acceptors (Lipinski definition) is 5. The van der Waals surface area contributed by atoms with Crippen LogP contribution in [0.3, 0.4) is 0 Å². The number of aromatic nitrogens is 2. The second-order valence-electron chi connectivity index (χ2n) is 4.22. The second kappa shape index (κ2) is 6.14. The standard InChI is InChI=1S/C11H17N5O2/c1-7(2)9(13)11(18)15-10-8(5-12)6-14-16(10)3-4-17/h6-7,9,17H,3-4,13H2,1-2H3,(H,15,18). The van der Waals surface area contributed by atoms with Gasteiger partial charge in [-0.3, -0.25) is 4.79 Å². The van der Waals surface area contributed by atoms with Crippen molar-refractivity contribution in [2.45, 2.75) is 26.4 Å². The highest BCUT2D eigenvalue weighted by atomic mass is 16.3. The number of amides is 1. The minimum atomic E-state index is -0.658. The van der Waals surface area contributed by atoms with E-state index in [1.165, 1.54) is 10.9 Å². The van der Waals surface area contributed by atoms with E-state index in [0.29, 0.717) is 0 Å². The molecule has 1 heterocycles. The van der Waals surface area contributed by atoms with E-state index in [2.05, 4.69) is 10.4 Å². The van der Waals surface area contributed by atoms with Gasteiger partial charge in [-0.25, -0.2) is 4.68 Å². The molecule has 1 aromatic rings. The van der Waals surface area contributed by atoms with Crippen LogP contribution in [-0.2, 0) is 11.3 Å². The fourth-order valence-corrected chi connectivity index (χ4v) is 1.37. The van der Waals surface area contributed by atoms with E-state index in [4.69, 9.17) is 16.1 Å². The van der Waals surface area contributed by atoms with Crippen LogP contribution in [0.1, 0.15) is 19.4 Å². The highest BCUT2D eigenvalue weighted by molar-refractivity contribution is 5.95. The third-order valence-electron chi connectivity index (χ3n) is 2.53. The van der Waals surface area contributed by atoms with E-state index in [1.807, 2.05) is 19.9 Å². The van der Waals surface area contributed by atoms with Crippen LogP contribution in [0.15, 0.2) is 6.20 Å². The molecular weight excluding hydrogens is 234 g/mol.